The van der Waals surface area contributed by atoms with Crippen molar-refractivity contribution in [2.24, 2.45) is 5.92 Å². The molecule has 0 spiro atoms. The molecule has 2 N–H and O–H groups in total. The third-order valence-corrected chi connectivity index (χ3v) is 6.56. The largest absolute Gasteiger partial charge is 0.444 e. The van der Waals surface area contributed by atoms with E-state index in [0.717, 1.165) is 34.7 Å². The van der Waals surface area contributed by atoms with E-state index in [2.05, 4.69) is 43.5 Å². The summed E-state index contributed by atoms with van der Waals surface area (Å²) in [6.45, 7) is 7.76. The molecule has 1 fully saturated rings. The molecule has 3 aromatic rings. The number of nitrogens with one attached hydrogen (secondary N) is 2. The normalized spacial score (nSPS) is 20.3. The van der Waals surface area contributed by atoms with Crippen molar-refractivity contribution in [1.29, 1.82) is 0 Å². The van der Waals surface area contributed by atoms with E-state index in [1.807, 2.05) is 45.0 Å². The summed E-state index contributed by atoms with van der Waals surface area (Å²) in [7, 11) is 0. The van der Waals surface area contributed by atoms with Crippen molar-refractivity contribution in [3.63, 3.8) is 0 Å². The Balaban J connectivity index is 1.54. The van der Waals surface area contributed by atoms with E-state index in [1.54, 1.807) is 24.7 Å². The number of ether oxygens (including phenoxy) is 1. The van der Waals surface area contributed by atoms with Gasteiger partial charge in [0.15, 0.2) is 0 Å². The Hall–Kier alpha value is -3.00. The highest BCUT2D eigenvalue weighted by Crippen LogP contribution is 2.39. The van der Waals surface area contributed by atoms with Crippen LogP contribution in [-0.2, 0) is 4.74 Å². The van der Waals surface area contributed by atoms with Crippen LogP contribution in [0.25, 0.3) is 10.9 Å². The molecule has 1 aromatic carbocycles. The van der Waals surface area contributed by atoms with Crippen molar-refractivity contribution in [3.05, 3.63) is 64.5 Å². The SMILES string of the molecule is C[C@@H]1C[C@H](NC(=O)OC(C)(C)C)C[C@H](c2ccncc2NC(=O)c2cccc3cc(Br)cnc23)C1. The summed E-state index contributed by atoms with van der Waals surface area (Å²) < 4.78 is 6.32. The number of hydrogen-bond donors (Lipinski definition) is 2. The highest BCUT2D eigenvalue weighted by Gasteiger charge is 2.31. The number of alkyl carbamates (subject to hydrolysis) is 1. The number of pyridine rings is 2. The van der Waals surface area contributed by atoms with Crippen LogP contribution in [0.4, 0.5) is 10.5 Å². The smallest absolute Gasteiger partial charge is 0.407 e. The van der Waals surface area contributed by atoms with Gasteiger partial charge >= 0.3 is 6.09 Å². The first-order valence-electron chi connectivity index (χ1n) is 11.9. The molecule has 7 nitrogen and oxygen atoms in total. The van der Waals surface area contributed by atoms with Crippen molar-refractivity contribution in [2.75, 3.05) is 5.32 Å². The number of halogens is 1. The highest BCUT2D eigenvalue weighted by molar-refractivity contribution is 9.10. The van der Waals surface area contributed by atoms with E-state index in [-0.39, 0.29) is 17.9 Å². The molecule has 184 valence electrons. The van der Waals surface area contributed by atoms with E-state index in [9.17, 15) is 9.59 Å². The summed E-state index contributed by atoms with van der Waals surface area (Å²) in [6, 6.07) is 9.46. The maximum atomic E-state index is 13.3. The molecule has 35 heavy (non-hydrogen) atoms. The van der Waals surface area contributed by atoms with Crippen molar-refractivity contribution in [1.82, 2.24) is 15.3 Å². The zero-order chi connectivity index (χ0) is 25.2. The Labute approximate surface area is 214 Å². The predicted molar refractivity (Wildman–Crippen MR) is 141 cm³/mol. The van der Waals surface area contributed by atoms with Gasteiger partial charge < -0.3 is 15.4 Å². The lowest BCUT2D eigenvalue weighted by atomic mass is 9.76. The number of carbonyl (C=O) groups is 2. The van der Waals surface area contributed by atoms with Crippen LogP contribution in [0.5, 0.6) is 0 Å². The summed E-state index contributed by atoms with van der Waals surface area (Å²) in [5, 5.41) is 6.99. The molecule has 0 aliphatic heterocycles. The van der Waals surface area contributed by atoms with Crippen molar-refractivity contribution in [2.45, 2.75) is 64.5 Å². The summed E-state index contributed by atoms with van der Waals surface area (Å²) >= 11 is 3.43. The lowest BCUT2D eigenvalue weighted by Gasteiger charge is -2.35. The highest BCUT2D eigenvalue weighted by atomic mass is 79.9. The Bertz CT molecular complexity index is 1240. The minimum Gasteiger partial charge on any atom is -0.444 e. The fraction of sp³-hybridized carbons (Fsp3) is 0.407. The van der Waals surface area contributed by atoms with Gasteiger partial charge in [-0.25, -0.2) is 4.79 Å². The Morgan fingerprint density at radius 3 is 2.69 bits per heavy atom. The van der Waals surface area contributed by atoms with Crippen LogP contribution in [0.3, 0.4) is 0 Å². The molecule has 2 heterocycles. The van der Waals surface area contributed by atoms with Gasteiger partial charge in [0.1, 0.15) is 5.60 Å². The summed E-state index contributed by atoms with van der Waals surface area (Å²) in [5.74, 6) is 0.344. The molecule has 2 aromatic heterocycles. The molecule has 0 radical (unpaired) electrons. The van der Waals surface area contributed by atoms with Crippen LogP contribution in [0.15, 0.2) is 53.4 Å². The molecule has 0 saturated heterocycles. The van der Waals surface area contributed by atoms with Crippen LogP contribution >= 0.6 is 15.9 Å². The molecule has 1 aliphatic rings. The number of para-hydroxylation sites is 1. The average Bonchev–Trinajstić information content (AvgIpc) is 2.77. The van der Waals surface area contributed by atoms with E-state index in [1.165, 1.54) is 0 Å². The number of anilines is 1. The van der Waals surface area contributed by atoms with Gasteiger partial charge in [-0.2, -0.15) is 0 Å². The van der Waals surface area contributed by atoms with Crippen molar-refractivity contribution in [3.8, 4) is 0 Å². The number of carbonyl (C=O) groups excluding carboxylic acids is 2. The van der Waals surface area contributed by atoms with Crippen LogP contribution in [-0.4, -0.2) is 33.6 Å². The van der Waals surface area contributed by atoms with Crippen LogP contribution in [0, 0.1) is 5.92 Å². The van der Waals surface area contributed by atoms with Gasteiger partial charge in [0.2, 0.25) is 0 Å². The first-order valence-corrected chi connectivity index (χ1v) is 12.7. The quantitative estimate of drug-likeness (QED) is 0.398. The zero-order valence-electron chi connectivity index (χ0n) is 20.5. The second kappa shape index (κ2) is 10.3. The topological polar surface area (TPSA) is 93.2 Å². The second-order valence-electron chi connectivity index (χ2n) is 10.3. The van der Waals surface area contributed by atoms with Crippen molar-refractivity contribution >= 4 is 44.5 Å². The molecule has 0 bridgehead atoms. The van der Waals surface area contributed by atoms with E-state index in [0.29, 0.717) is 22.7 Å². The predicted octanol–water partition coefficient (Wildman–Crippen LogP) is 6.44. The lowest BCUT2D eigenvalue weighted by molar-refractivity contribution is 0.0482. The minimum atomic E-state index is -0.543. The Morgan fingerprint density at radius 2 is 1.91 bits per heavy atom. The first-order chi connectivity index (χ1) is 16.6. The minimum absolute atomic E-state index is 0.00368. The molecule has 0 unspecified atom stereocenters. The molecule has 1 aliphatic carbocycles. The van der Waals surface area contributed by atoms with Gasteiger partial charge in [0, 0.05) is 28.3 Å². The van der Waals surface area contributed by atoms with Gasteiger partial charge in [-0.3, -0.25) is 14.8 Å². The molecule has 2 amide bonds. The van der Waals surface area contributed by atoms with E-state index >= 15 is 0 Å². The van der Waals surface area contributed by atoms with Crippen molar-refractivity contribution < 1.29 is 14.3 Å². The number of hydrogen-bond acceptors (Lipinski definition) is 5. The summed E-state index contributed by atoms with van der Waals surface area (Å²) in [6.07, 6.45) is 7.35. The number of fused-ring (bicyclic) bond motifs is 1. The second-order valence-corrected chi connectivity index (χ2v) is 11.2. The number of benzene rings is 1. The van der Waals surface area contributed by atoms with E-state index < -0.39 is 11.7 Å². The van der Waals surface area contributed by atoms with Gasteiger partial charge in [-0.15, -0.1) is 0 Å². The first kappa shape index (κ1) is 25.1. The Morgan fingerprint density at radius 1 is 1.11 bits per heavy atom. The fourth-order valence-corrected chi connectivity index (χ4v) is 5.17. The maximum Gasteiger partial charge on any atom is 0.407 e. The van der Waals surface area contributed by atoms with Gasteiger partial charge in [-0.1, -0.05) is 19.1 Å². The third kappa shape index (κ3) is 6.36. The summed E-state index contributed by atoms with van der Waals surface area (Å²) in [5.41, 5.74) is 2.31. The molecule has 4 rings (SSSR count). The maximum absolute atomic E-state index is 13.3. The number of aromatic nitrogens is 2. The van der Waals surface area contributed by atoms with Gasteiger partial charge in [0.05, 0.1) is 23.0 Å². The van der Waals surface area contributed by atoms with Crippen LogP contribution < -0.4 is 10.6 Å². The molecule has 3 atom stereocenters. The summed E-state index contributed by atoms with van der Waals surface area (Å²) in [4.78, 5) is 34.4. The monoisotopic (exact) mass is 538 g/mol. The zero-order valence-corrected chi connectivity index (χ0v) is 22.1. The number of nitrogens with zero attached hydrogens (tertiary/aromatic N) is 2. The number of amides is 2. The lowest BCUT2D eigenvalue weighted by Crippen LogP contribution is -2.42. The van der Waals surface area contributed by atoms with Gasteiger partial charge in [-0.05, 0) is 91.6 Å². The van der Waals surface area contributed by atoms with Gasteiger partial charge in [0.25, 0.3) is 5.91 Å². The molecular formula is C27H31BrN4O3. The molecule has 1 saturated carbocycles. The number of rotatable bonds is 4. The third-order valence-electron chi connectivity index (χ3n) is 6.13. The average molecular weight is 539 g/mol. The fourth-order valence-electron chi connectivity index (χ4n) is 4.82. The Kier molecular flexibility index (Phi) is 7.40. The van der Waals surface area contributed by atoms with Crippen LogP contribution in [0.2, 0.25) is 0 Å². The van der Waals surface area contributed by atoms with E-state index in [4.69, 9.17) is 4.74 Å². The van der Waals surface area contributed by atoms with Crippen LogP contribution in [0.1, 0.15) is 68.8 Å². The molecular weight excluding hydrogens is 508 g/mol. The molecule has 8 heteroatoms. The standard InChI is InChI=1S/C27H31BrN4O3/c1-16-10-18(13-20(11-16)31-26(34)35-27(2,3)4)21-8-9-29-15-23(21)32-25(33)22-7-5-6-17-12-19(28)14-30-24(17)22/h5-9,12,14-16,18,20H,10-11,13H2,1-4H3,(H,31,34)(H,32,33)/t16-,18+,20-/m0/s1.